The van der Waals surface area contributed by atoms with Crippen molar-refractivity contribution < 1.29 is 18.7 Å². The Hall–Kier alpha value is -1.42. The molecule has 0 aromatic heterocycles. The van der Waals surface area contributed by atoms with Gasteiger partial charge in [-0.2, -0.15) is 0 Å². The number of halogens is 1. The molecule has 1 unspecified atom stereocenters. The molecule has 1 fully saturated rings. The minimum Gasteiger partial charge on any atom is -0.459 e. The summed E-state index contributed by atoms with van der Waals surface area (Å²) in [6.07, 6.45) is 3.12. The second kappa shape index (κ2) is 5.77. The predicted octanol–water partition coefficient (Wildman–Crippen LogP) is 2.55. The summed E-state index contributed by atoms with van der Waals surface area (Å²) in [5.41, 5.74) is 0.363. The lowest BCUT2D eigenvalue weighted by Gasteiger charge is -2.22. The Kier molecular flexibility index (Phi) is 4.09. The molecule has 1 aromatic carbocycles. The minimum atomic E-state index is -0.431. The lowest BCUT2D eigenvalue weighted by atomic mass is 10.1. The van der Waals surface area contributed by atoms with Gasteiger partial charge in [0.2, 0.25) is 0 Å². The van der Waals surface area contributed by atoms with E-state index in [1.54, 1.807) is 0 Å². The van der Waals surface area contributed by atoms with Gasteiger partial charge in [0.25, 0.3) is 0 Å². The fraction of sp³-hybridized carbons (Fsp3) is 0.462. The van der Waals surface area contributed by atoms with Gasteiger partial charge in [-0.1, -0.05) is 0 Å². The van der Waals surface area contributed by atoms with E-state index in [0.29, 0.717) is 5.56 Å². The summed E-state index contributed by atoms with van der Waals surface area (Å²) in [5.74, 6) is -0.795. The summed E-state index contributed by atoms with van der Waals surface area (Å²) in [7, 11) is 0. The first-order valence-corrected chi connectivity index (χ1v) is 5.80. The van der Waals surface area contributed by atoms with Gasteiger partial charge < -0.3 is 9.47 Å². The second-order valence-corrected chi connectivity index (χ2v) is 4.09. The van der Waals surface area contributed by atoms with Gasteiger partial charge in [0, 0.05) is 6.61 Å². The van der Waals surface area contributed by atoms with Crippen LogP contribution >= 0.6 is 0 Å². The number of hydrogen-bond donors (Lipinski definition) is 0. The maximum atomic E-state index is 12.7. The third-order valence-electron chi connectivity index (χ3n) is 2.75. The Labute approximate surface area is 99.5 Å². The minimum absolute atomic E-state index is 0.00754. The van der Waals surface area contributed by atoms with Gasteiger partial charge in [-0.3, -0.25) is 0 Å². The maximum absolute atomic E-state index is 12.7. The van der Waals surface area contributed by atoms with Gasteiger partial charge in [0.05, 0.1) is 11.7 Å². The molecular weight excluding hydrogens is 223 g/mol. The second-order valence-electron chi connectivity index (χ2n) is 4.09. The standard InChI is InChI=1S/C13H15FO3/c14-11-6-4-10(5-7-11)13(15)17-9-12-3-1-2-8-16-12/h4-7,12H,1-3,8-9H2. The van der Waals surface area contributed by atoms with E-state index < -0.39 is 5.97 Å². The summed E-state index contributed by atoms with van der Waals surface area (Å²) in [6.45, 7) is 1.01. The molecule has 1 atom stereocenters. The van der Waals surface area contributed by atoms with Crippen molar-refractivity contribution in [1.82, 2.24) is 0 Å². The molecule has 0 N–H and O–H groups in total. The van der Waals surface area contributed by atoms with Gasteiger partial charge in [-0.05, 0) is 43.5 Å². The highest BCUT2D eigenvalue weighted by atomic mass is 19.1. The summed E-state index contributed by atoms with van der Waals surface area (Å²) < 4.78 is 23.2. The van der Waals surface area contributed by atoms with Crippen LogP contribution in [-0.4, -0.2) is 25.3 Å². The highest BCUT2D eigenvalue weighted by Crippen LogP contribution is 2.13. The van der Waals surface area contributed by atoms with Crippen molar-refractivity contribution >= 4 is 5.97 Å². The number of benzene rings is 1. The van der Waals surface area contributed by atoms with Crippen LogP contribution in [0.2, 0.25) is 0 Å². The smallest absolute Gasteiger partial charge is 0.338 e. The van der Waals surface area contributed by atoms with Crippen LogP contribution in [0.1, 0.15) is 29.6 Å². The molecule has 1 heterocycles. The molecule has 17 heavy (non-hydrogen) atoms. The summed E-state index contributed by atoms with van der Waals surface area (Å²) in [6, 6.07) is 5.32. The zero-order valence-corrected chi connectivity index (χ0v) is 9.52. The summed E-state index contributed by atoms with van der Waals surface area (Å²) in [5, 5.41) is 0. The molecule has 2 rings (SSSR count). The van der Waals surface area contributed by atoms with Crippen LogP contribution in [0, 0.1) is 5.82 Å². The van der Waals surface area contributed by atoms with E-state index in [9.17, 15) is 9.18 Å². The SMILES string of the molecule is O=C(OCC1CCCCO1)c1ccc(F)cc1. The van der Waals surface area contributed by atoms with Crippen molar-refractivity contribution in [1.29, 1.82) is 0 Å². The van der Waals surface area contributed by atoms with E-state index >= 15 is 0 Å². The van der Waals surface area contributed by atoms with Gasteiger partial charge in [-0.15, -0.1) is 0 Å². The summed E-state index contributed by atoms with van der Waals surface area (Å²) >= 11 is 0. The van der Waals surface area contributed by atoms with Crippen LogP contribution in [-0.2, 0) is 9.47 Å². The molecule has 3 nitrogen and oxygen atoms in total. The number of carbonyl (C=O) groups is 1. The third-order valence-corrected chi connectivity index (χ3v) is 2.75. The van der Waals surface area contributed by atoms with E-state index in [1.165, 1.54) is 24.3 Å². The molecule has 1 saturated heterocycles. The van der Waals surface area contributed by atoms with Crippen molar-refractivity contribution in [2.24, 2.45) is 0 Å². The van der Waals surface area contributed by atoms with Crippen LogP contribution in [0.3, 0.4) is 0 Å². The maximum Gasteiger partial charge on any atom is 0.338 e. The van der Waals surface area contributed by atoms with Gasteiger partial charge in [-0.25, -0.2) is 9.18 Å². The van der Waals surface area contributed by atoms with Crippen molar-refractivity contribution in [2.75, 3.05) is 13.2 Å². The Balaban J connectivity index is 1.82. The van der Waals surface area contributed by atoms with Crippen LogP contribution in [0.5, 0.6) is 0 Å². The van der Waals surface area contributed by atoms with E-state index in [2.05, 4.69) is 0 Å². The lowest BCUT2D eigenvalue weighted by Crippen LogP contribution is -2.25. The normalized spacial score (nSPS) is 19.9. The van der Waals surface area contributed by atoms with Crippen LogP contribution in [0.4, 0.5) is 4.39 Å². The quantitative estimate of drug-likeness (QED) is 0.759. The molecule has 0 spiro atoms. The predicted molar refractivity (Wildman–Crippen MR) is 60.3 cm³/mol. The van der Waals surface area contributed by atoms with Gasteiger partial charge in [0.1, 0.15) is 12.4 Å². The fourth-order valence-electron chi connectivity index (χ4n) is 1.78. The monoisotopic (exact) mass is 238 g/mol. The Morgan fingerprint density at radius 3 is 2.76 bits per heavy atom. The molecule has 0 amide bonds. The zero-order chi connectivity index (χ0) is 12.1. The van der Waals surface area contributed by atoms with Crippen molar-refractivity contribution in [2.45, 2.75) is 25.4 Å². The average molecular weight is 238 g/mol. The number of rotatable bonds is 3. The van der Waals surface area contributed by atoms with E-state index in [4.69, 9.17) is 9.47 Å². The molecule has 1 aromatic rings. The zero-order valence-electron chi connectivity index (χ0n) is 9.52. The third kappa shape index (κ3) is 3.53. The average Bonchev–Trinajstić information content (AvgIpc) is 2.38. The molecule has 0 radical (unpaired) electrons. The van der Waals surface area contributed by atoms with E-state index in [1.807, 2.05) is 0 Å². The van der Waals surface area contributed by atoms with E-state index in [0.717, 1.165) is 25.9 Å². The highest BCUT2D eigenvalue weighted by Gasteiger charge is 2.16. The summed E-state index contributed by atoms with van der Waals surface area (Å²) in [4.78, 5) is 11.6. The fourth-order valence-corrected chi connectivity index (χ4v) is 1.78. The van der Waals surface area contributed by atoms with Crippen molar-refractivity contribution in [3.05, 3.63) is 35.6 Å². The topological polar surface area (TPSA) is 35.5 Å². The largest absolute Gasteiger partial charge is 0.459 e. The van der Waals surface area contributed by atoms with Gasteiger partial charge >= 0.3 is 5.97 Å². The molecule has 1 aliphatic heterocycles. The van der Waals surface area contributed by atoms with E-state index in [-0.39, 0.29) is 18.5 Å². The highest BCUT2D eigenvalue weighted by molar-refractivity contribution is 5.89. The molecular formula is C13H15FO3. The lowest BCUT2D eigenvalue weighted by molar-refractivity contribution is -0.0300. The first-order chi connectivity index (χ1) is 8.25. The van der Waals surface area contributed by atoms with Crippen LogP contribution in [0.15, 0.2) is 24.3 Å². The van der Waals surface area contributed by atoms with Gasteiger partial charge in [0.15, 0.2) is 0 Å². The first-order valence-electron chi connectivity index (χ1n) is 5.80. The van der Waals surface area contributed by atoms with Crippen molar-refractivity contribution in [3.63, 3.8) is 0 Å². The Morgan fingerprint density at radius 1 is 1.35 bits per heavy atom. The number of ether oxygens (including phenoxy) is 2. The molecule has 0 aliphatic carbocycles. The van der Waals surface area contributed by atoms with Crippen molar-refractivity contribution in [3.8, 4) is 0 Å². The molecule has 0 saturated carbocycles. The first kappa shape index (κ1) is 12.0. The Morgan fingerprint density at radius 2 is 2.12 bits per heavy atom. The Bertz CT molecular complexity index is 369. The number of carbonyl (C=O) groups excluding carboxylic acids is 1. The number of hydrogen-bond acceptors (Lipinski definition) is 3. The molecule has 1 aliphatic rings. The van der Waals surface area contributed by atoms with Crippen LogP contribution in [0.25, 0.3) is 0 Å². The molecule has 0 bridgehead atoms. The van der Waals surface area contributed by atoms with Crippen LogP contribution < -0.4 is 0 Å². The molecule has 92 valence electrons. The number of esters is 1. The molecule has 4 heteroatoms.